The van der Waals surface area contributed by atoms with E-state index in [1.807, 2.05) is 28.0 Å². The third-order valence-corrected chi connectivity index (χ3v) is 6.18. The fraction of sp³-hybridized carbons (Fsp3) is 0.364. The van der Waals surface area contributed by atoms with E-state index < -0.39 is 11.7 Å². The first kappa shape index (κ1) is 18.1. The molecule has 150 valence electrons. The molecule has 29 heavy (non-hydrogen) atoms. The molecule has 3 heterocycles. The van der Waals surface area contributed by atoms with E-state index in [-0.39, 0.29) is 23.7 Å². The Morgan fingerprint density at radius 2 is 1.69 bits per heavy atom. The van der Waals surface area contributed by atoms with Gasteiger partial charge in [0.1, 0.15) is 5.82 Å². The predicted molar refractivity (Wildman–Crippen MR) is 105 cm³/mol. The molecule has 7 heteroatoms. The van der Waals surface area contributed by atoms with E-state index in [4.69, 9.17) is 10.5 Å². The minimum atomic E-state index is -0.660. The minimum absolute atomic E-state index is 0.00412. The highest BCUT2D eigenvalue weighted by Gasteiger charge is 2.38. The van der Waals surface area contributed by atoms with Crippen molar-refractivity contribution in [1.29, 1.82) is 0 Å². The van der Waals surface area contributed by atoms with Crippen LogP contribution in [0.5, 0.6) is 0 Å². The topological polar surface area (TPSA) is 75.9 Å². The minimum Gasteiger partial charge on any atom is -0.367 e. The van der Waals surface area contributed by atoms with Crippen LogP contribution in [0.3, 0.4) is 0 Å². The van der Waals surface area contributed by atoms with Crippen molar-refractivity contribution in [1.82, 2.24) is 4.90 Å². The summed E-state index contributed by atoms with van der Waals surface area (Å²) in [7, 11) is 0. The number of ether oxygens (including phenoxy) is 1. The van der Waals surface area contributed by atoms with Gasteiger partial charge in [0.05, 0.1) is 17.8 Å². The lowest BCUT2D eigenvalue weighted by molar-refractivity contribution is 0.0715. The van der Waals surface area contributed by atoms with Crippen molar-refractivity contribution in [2.24, 2.45) is 5.73 Å². The van der Waals surface area contributed by atoms with Crippen molar-refractivity contribution < 1.29 is 18.7 Å². The molecule has 6 nitrogen and oxygen atoms in total. The number of primary amides is 1. The predicted octanol–water partition coefficient (Wildman–Crippen LogP) is 2.79. The Bertz CT molecular complexity index is 1000. The maximum absolute atomic E-state index is 13.5. The fourth-order valence-electron chi connectivity index (χ4n) is 4.69. The third kappa shape index (κ3) is 3.06. The summed E-state index contributed by atoms with van der Waals surface area (Å²) < 4.78 is 19.4. The molecule has 2 unspecified atom stereocenters. The molecular weight excluding hydrogens is 373 g/mol. The van der Waals surface area contributed by atoms with Gasteiger partial charge in [0.25, 0.3) is 11.8 Å². The van der Waals surface area contributed by atoms with Gasteiger partial charge in [-0.05, 0) is 54.3 Å². The number of carbonyl (C=O) groups is 2. The zero-order chi connectivity index (χ0) is 20.1. The van der Waals surface area contributed by atoms with Crippen molar-refractivity contribution in [2.75, 3.05) is 31.1 Å². The number of fused-ring (bicyclic) bond motifs is 5. The standard InChI is InChI=1S/C22H22FN3O3/c23-14-2-4-18(17(12-14)21(24)27)25-7-9-26(10-8-25)22(28)13-1-3-15-16(11-13)20-6-5-19(15)29-20/h1-4,11-12,19-20H,5-10H2,(H2,24,27). The van der Waals surface area contributed by atoms with Crippen LogP contribution in [-0.2, 0) is 4.74 Å². The normalized spacial score (nSPS) is 22.7. The molecule has 3 aliphatic rings. The monoisotopic (exact) mass is 395 g/mol. The van der Waals surface area contributed by atoms with Crippen LogP contribution in [0.1, 0.15) is 56.9 Å². The van der Waals surface area contributed by atoms with Gasteiger partial charge < -0.3 is 20.3 Å². The molecule has 2 fully saturated rings. The van der Waals surface area contributed by atoms with Gasteiger partial charge in [-0.25, -0.2) is 4.39 Å². The summed E-state index contributed by atoms with van der Waals surface area (Å²) in [5, 5.41) is 0. The summed E-state index contributed by atoms with van der Waals surface area (Å²) in [6, 6.07) is 9.96. The number of rotatable bonds is 3. The summed E-state index contributed by atoms with van der Waals surface area (Å²) in [6.45, 7) is 2.15. The van der Waals surface area contributed by atoms with E-state index in [0.29, 0.717) is 37.4 Å². The number of benzene rings is 2. The Morgan fingerprint density at radius 3 is 2.41 bits per heavy atom. The highest BCUT2D eigenvalue weighted by molar-refractivity contribution is 5.99. The summed E-state index contributed by atoms with van der Waals surface area (Å²) in [4.78, 5) is 28.5. The quantitative estimate of drug-likeness (QED) is 0.867. The molecule has 0 radical (unpaired) electrons. The molecule has 3 aliphatic heterocycles. The number of carbonyl (C=O) groups excluding carboxylic acids is 2. The lowest BCUT2D eigenvalue weighted by Gasteiger charge is -2.37. The second-order valence-corrected chi connectivity index (χ2v) is 7.84. The molecule has 2 atom stereocenters. The van der Waals surface area contributed by atoms with Gasteiger partial charge in [-0.1, -0.05) is 6.07 Å². The van der Waals surface area contributed by atoms with Crippen LogP contribution in [0, 0.1) is 5.82 Å². The SMILES string of the molecule is NC(=O)c1cc(F)ccc1N1CCN(C(=O)c2ccc3c(c2)C2CCC3O2)CC1. The number of hydrogen-bond donors (Lipinski definition) is 1. The number of amides is 2. The van der Waals surface area contributed by atoms with Crippen LogP contribution in [0.2, 0.25) is 0 Å². The van der Waals surface area contributed by atoms with E-state index in [0.717, 1.165) is 24.5 Å². The Hall–Kier alpha value is -2.93. The van der Waals surface area contributed by atoms with E-state index in [1.54, 1.807) is 6.07 Å². The van der Waals surface area contributed by atoms with Gasteiger partial charge in [-0.2, -0.15) is 0 Å². The Labute approximate surface area is 168 Å². The molecular formula is C22H22FN3O3. The average Bonchev–Trinajstić information content (AvgIpc) is 3.35. The number of hydrogen-bond acceptors (Lipinski definition) is 4. The lowest BCUT2D eigenvalue weighted by atomic mass is 9.90. The van der Waals surface area contributed by atoms with Gasteiger partial charge in [0, 0.05) is 37.4 Å². The van der Waals surface area contributed by atoms with Crippen molar-refractivity contribution in [3.63, 3.8) is 0 Å². The third-order valence-electron chi connectivity index (χ3n) is 6.18. The first-order valence-corrected chi connectivity index (χ1v) is 9.94. The van der Waals surface area contributed by atoms with Crippen molar-refractivity contribution in [2.45, 2.75) is 25.0 Å². The van der Waals surface area contributed by atoms with Crippen LogP contribution in [0.4, 0.5) is 10.1 Å². The first-order chi connectivity index (χ1) is 14.0. The van der Waals surface area contributed by atoms with Crippen LogP contribution in [-0.4, -0.2) is 42.9 Å². The number of anilines is 1. The molecule has 0 spiro atoms. The second kappa shape index (κ2) is 6.84. The van der Waals surface area contributed by atoms with Gasteiger partial charge >= 0.3 is 0 Å². The van der Waals surface area contributed by atoms with Crippen LogP contribution in [0.25, 0.3) is 0 Å². The number of halogens is 1. The Balaban J connectivity index is 1.30. The van der Waals surface area contributed by atoms with Crippen molar-refractivity contribution in [3.05, 3.63) is 64.5 Å². The number of nitrogens with two attached hydrogens (primary N) is 1. The van der Waals surface area contributed by atoms with Gasteiger partial charge in [0.2, 0.25) is 0 Å². The van der Waals surface area contributed by atoms with Gasteiger partial charge in [-0.3, -0.25) is 9.59 Å². The highest BCUT2D eigenvalue weighted by Crippen LogP contribution is 2.50. The van der Waals surface area contributed by atoms with E-state index in [1.165, 1.54) is 11.6 Å². The zero-order valence-electron chi connectivity index (χ0n) is 15.9. The molecule has 2 bridgehead atoms. The summed E-state index contributed by atoms with van der Waals surface area (Å²) in [5.41, 5.74) is 9.24. The van der Waals surface area contributed by atoms with Gasteiger partial charge in [-0.15, -0.1) is 0 Å². The number of nitrogens with zero attached hydrogens (tertiary/aromatic N) is 2. The molecule has 5 rings (SSSR count). The smallest absolute Gasteiger partial charge is 0.253 e. The molecule has 0 saturated carbocycles. The largest absolute Gasteiger partial charge is 0.367 e. The fourth-order valence-corrected chi connectivity index (χ4v) is 4.69. The van der Waals surface area contributed by atoms with E-state index >= 15 is 0 Å². The summed E-state index contributed by atoms with van der Waals surface area (Å²) in [6.07, 6.45) is 2.40. The van der Waals surface area contributed by atoms with Crippen LogP contribution < -0.4 is 10.6 Å². The van der Waals surface area contributed by atoms with Crippen molar-refractivity contribution in [3.8, 4) is 0 Å². The molecule has 2 aromatic rings. The van der Waals surface area contributed by atoms with Crippen LogP contribution >= 0.6 is 0 Å². The molecule has 2 aromatic carbocycles. The lowest BCUT2D eigenvalue weighted by Crippen LogP contribution is -2.49. The molecule has 0 aliphatic carbocycles. The zero-order valence-corrected chi connectivity index (χ0v) is 15.9. The molecule has 0 aromatic heterocycles. The second-order valence-electron chi connectivity index (χ2n) is 7.84. The Kier molecular flexibility index (Phi) is 4.28. The Morgan fingerprint density at radius 1 is 0.966 bits per heavy atom. The number of piperazine rings is 1. The van der Waals surface area contributed by atoms with Gasteiger partial charge in [0.15, 0.2) is 0 Å². The molecule has 2 saturated heterocycles. The van der Waals surface area contributed by atoms with Crippen molar-refractivity contribution >= 4 is 17.5 Å². The van der Waals surface area contributed by atoms with Crippen LogP contribution in [0.15, 0.2) is 36.4 Å². The maximum Gasteiger partial charge on any atom is 0.253 e. The van der Waals surface area contributed by atoms with E-state index in [9.17, 15) is 14.0 Å². The molecule has 2 N–H and O–H groups in total. The molecule has 2 amide bonds. The highest BCUT2D eigenvalue weighted by atomic mass is 19.1. The summed E-state index contributed by atoms with van der Waals surface area (Å²) >= 11 is 0. The maximum atomic E-state index is 13.5. The summed E-state index contributed by atoms with van der Waals surface area (Å²) in [5.74, 6) is -1.15. The first-order valence-electron chi connectivity index (χ1n) is 9.94. The average molecular weight is 395 g/mol. The van der Waals surface area contributed by atoms with E-state index in [2.05, 4.69) is 0 Å².